The molecule has 2 N–H and O–H groups in total. The topological polar surface area (TPSA) is 79.9 Å². The van der Waals surface area contributed by atoms with Crippen LogP contribution >= 0.6 is 23.2 Å². The minimum Gasteiger partial charge on any atom is -0.491 e. The highest BCUT2D eigenvalue weighted by molar-refractivity contribution is 6.35. The van der Waals surface area contributed by atoms with Crippen LogP contribution in [0.3, 0.4) is 0 Å². The Morgan fingerprint density at radius 2 is 2.17 bits per heavy atom. The van der Waals surface area contributed by atoms with Crippen LogP contribution in [0.15, 0.2) is 36.5 Å². The van der Waals surface area contributed by atoms with Crippen molar-refractivity contribution in [1.29, 1.82) is 0 Å². The van der Waals surface area contributed by atoms with Gasteiger partial charge in [-0.15, -0.1) is 0 Å². The number of hydrogen-bond acceptors (Lipinski definition) is 4. The molecular formula is C16H14Cl2N4O2. The Kier molecular flexibility index (Phi) is 5.17. The van der Waals surface area contributed by atoms with Crippen LogP contribution in [-0.2, 0) is 11.3 Å². The maximum Gasteiger partial charge on any atom is 0.223 e. The second-order valence-corrected chi connectivity index (χ2v) is 5.85. The minimum atomic E-state index is -0.145. The van der Waals surface area contributed by atoms with Crippen LogP contribution in [0.4, 0.5) is 0 Å². The standard InChI is InChI=1S/C16H14Cl2N4O2/c17-10-3-4-13(11(18)8-10)24-7-5-15(23)20-9-14-21-12-2-1-6-19-16(12)22-14/h1-4,6,8H,5,7,9H2,(H,20,23)(H,19,21,22). The average molecular weight is 365 g/mol. The SMILES string of the molecule is O=C(CCOc1ccc(Cl)cc1Cl)NCc1nc2ncccc2[nH]1. The van der Waals surface area contributed by atoms with Crippen molar-refractivity contribution in [3.8, 4) is 5.75 Å². The van der Waals surface area contributed by atoms with Crippen molar-refractivity contribution < 1.29 is 9.53 Å². The Balaban J connectivity index is 1.45. The Bertz CT molecular complexity index is 833. The molecule has 0 spiro atoms. The number of rotatable bonds is 6. The first kappa shape index (κ1) is 16.5. The number of amides is 1. The number of halogens is 2. The number of nitrogens with zero attached hydrogens (tertiary/aromatic N) is 2. The molecule has 1 aromatic carbocycles. The molecule has 1 amide bonds. The van der Waals surface area contributed by atoms with Crippen LogP contribution in [0.1, 0.15) is 12.2 Å². The van der Waals surface area contributed by atoms with Gasteiger partial charge < -0.3 is 15.0 Å². The van der Waals surface area contributed by atoms with E-state index in [1.807, 2.05) is 12.1 Å². The molecule has 0 bridgehead atoms. The van der Waals surface area contributed by atoms with Crippen LogP contribution in [0.5, 0.6) is 5.75 Å². The molecular weight excluding hydrogens is 351 g/mol. The smallest absolute Gasteiger partial charge is 0.223 e. The highest BCUT2D eigenvalue weighted by Crippen LogP contribution is 2.27. The van der Waals surface area contributed by atoms with Crippen molar-refractivity contribution in [2.75, 3.05) is 6.61 Å². The highest BCUT2D eigenvalue weighted by atomic mass is 35.5. The van der Waals surface area contributed by atoms with Crippen LogP contribution in [-0.4, -0.2) is 27.5 Å². The second-order valence-electron chi connectivity index (χ2n) is 5.01. The van der Waals surface area contributed by atoms with Crippen LogP contribution in [0.25, 0.3) is 11.2 Å². The molecule has 6 nitrogen and oxygen atoms in total. The lowest BCUT2D eigenvalue weighted by molar-refractivity contribution is -0.121. The van der Waals surface area contributed by atoms with Crippen molar-refractivity contribution in [2.24, 2.45) is 0 Å². The zero-order valence-corrected chi connectivity index (χ0v) is 14.1. The van der Waals surface area contributed by atoms with E-state index in [4.69, 9.17) is 27.9 Å². The van der Waals surface area contributed by atoms with Gasteiger partial charge in [0.25, 0.3) is 0 Å². The number of fused-ring (bicyclic) bond motifs is 1. The second kappa shape index (κ2) is 7.51. The van der Waals surface area contributed by atoms with Crippen molar-refractivity contribution in [3.63, 3.8) is 0 Å². The summed E-state index contributed by atoms with van der Waals surface area (Å²) in [5.41, 5.74) is 1.46. The van der Waals surface area contributed by atoms with Gasteiger partial charge in [0.15, 0.2) is 5.65 Å². The average Bonchev–Trinajstić information content (AvgIpc) is 2.98. The third-order valence-electron chi connectivity index (χ3n) is 3.24. The zero-order valence-electron chi connectivity index (χ0n) is 12.6. The Morgan fingerprint density at radius 1 is 1.29 bits per heavy atom. The fourth-order valence-electron chi connectivity index (χ4n) is 2.10. The van der Waals surface area contributed by atoms with E-state index < -0.39 is 0 Å². The molecule has 0 unspecified atom stereocenters. The van der Waals surface area contributed by atoms with Crippen molar-refractivity contribution in [3.05, 3.63) is 52.4 Å². The van der Waals surface area contributed by atoms with E-state index in [9.17, 15) is 4.79 Å². The molecule has 124 valence electrons. The predicted molar refractivity (Wildman–Crippen MR) is 92.3 cm³/mol. The third kappa shape index (κ3) is 4.15. The molecule has 0 saturated carbocycles. The molecule has 0 aliphatic rings. The molecule has 0 aliphatic carbocycles. The van der Waals surface area contributed by atoms with Gasteiger partial charge in [0.1, 0.15) is 11.6 Å². The molecule has 8 heteroatoms. The monoisotopic (exact) mass is 364 g/mol. The van der Waals surface area contributed by atoms with Gasteiger partial charge in [0, 0.05) is 11.2 Å². The number of benzene rings is 1. The lowest BCUT2D eigenvalue weighted by Crippen LogP contribution is -2.25. The van der Waals surface area contributed by atoms with Gasteiger partial charge in [-0.2, -0.15) is 0 Å². The summed E-state index contributed by atoms with van der Waals surface area (Å²) in [6, 6.07) is 8.64. The summed E-state index contributed by atoms with van der Waals surface area (Å²) in [7, 11) is 0. The van der Waals surface area contributed by atoms with E-state index in [0.29, 0.717) is 33.8 Å². The fraction of sp³-hybridized carbons (Fsp3) is 0.188. The number of carbonyl (C=O) groups is 1. The van der Waals surface area contributed by atoms with Gasteiger partial charge in [-0.05, 0) is 30.3 Å². The lowest BCUT2D eigenvalue weighted by atomic mass is 10.3. The first-order valence-corrected chi connectivity index (χ1v) is 8.01. The van der Waals surface area contributed by atoms with E-state index in [0.717, 1.165) is 5.52 Å². The maximum absolute atomic E-state index is 11.9. The molecule has 3 rings (SSSR count). The molecule has 2 aromatic heterocycles. The van der Waals surface area contributed by atoms with E-state index >= 15 is 0 Å². The molecule has 0 atom stereocenters. The van der Waals surface area contributed by atoms with Gasteiger partial charge in [-0.1, -0.05) is 23.2 Å². The van der Waals surface area contributed by atoms with E-state index in [1.165, 1.54) is 0 Å². The Morgan fingerprint density at radius 3 is 2.96 bits per heavy atom. The third-order valence-corrected chi connectivity index (χ3v) is 3.77. The fourth-order valence-corrected chi connectivity index (χ4v) is 2.56. The number of aromatic amines is 1. The van der Waals surface area contributed by atoms with Gasteiger partial charge in [-0.3, -0.25) is 4.79 Å². The summed E-state index contributed by atoms with van der Waals surface area (Å²) in [6.07, 6.45) is 1.88. The largest absolute Gasteiger partial charge is 0.491 e. The number of nitrogens with one attached hydrogen (secondary N) is 2. The van der Waals surface area contributed by atoms with Crippen LogP contribution in [0.2, 0.25) is 10.0 Å². The van der Waals surface area contributed by atoms with Crippen LogP contribution in [0, 0.1) is 0 Å². The number of imidazole rings is 1. The minimum absolute atomic E-state index is 0.145. The molecule has 2 heterocycles. The number of hydrogen-bond donors (Lipinski definition) is 2. The number of aromatic nitrogens is 3. The molecule has 0 aliphatic heterocycles. The van der Waals surface area contributed by atoms with Crippen LogP contribution < -0.4 is 10.1 Å². The molecule has 0 saturated heterocycles. The first-order valence-electron chi connectivity index (χ1n) is 7.26. The Labute approximate surface area is 148 Å². The molecule has 0 radical (unpaired) electrons. The number of H-pyrrole nitrogens is 1. The predicted octanol–water partition coefficient (Wildman–Crippen LogP) is 3.35. The number of carbonyl (C=O) groups excluding carboxylic acids is 1. The van der Waals surface area contributed by atoms with Crippen molar-refractivity contribution in [1.82, 2.24) is 20.3 Å². The van der Waals surface area contributed by atoms with E-state index in [1.54, 1.807) is 24.4 Å². The van der Waals surface area contributed by atoms with Gasteiger partial charge in [0.2, 0.25) is 5.91 Å². The Hall–Kier alpha value is -2.31. The van der Waals surface area contributed by atoms with Crippen molar-refractivity contribution >= 4 is 40.3 Å². The number of pyridine rings is 1. The highest BCUT2D eigenvalue weighted by Gasteiger charge is 2.07. The summed E-state index contributed by atoms with van der Waals surface area (Å²) in [5, 5.41) is 3.72. The van der Waals surface area contributed by atoms with Gasteiger partial charge in [-0.25, -0.2) is 9.97 Å². The summed E-state index contributed by atoms with van der Waals surface area (Å²) in [6.45, 7) is 0.520. The molecule has 3 aromatic rings. The lowest BCUT2D eigenvalue weighted by Gasteiger charge is -2.08. The summed E-state index contributed by atoms with van der Waals surface area (Å²) >= 11 is 11.8. The maximum atomic E-state index is 11.9. The van der Waals surface area contributed by atoms with Gasteiger partial charge >= 0.3 is 0 Å². The summed E-state index contributed by atoms with van der Waals surface area (Å²) in [4.78, 5) is 23.4. The molecule has 24 heavy (non-hydrogen) atoms. The molecule has 0 fully saturated rings. The summed E-state index contributed by atoms with van der Waals surface area (Å²) < 4.78 is 5.48. The van der Waals surface area contributed by atoms with E-state index in [2.05, 4.69) is 20.3 Å². The van der Waals surface area contributed by atoms with Gasteiger partial charge in [0.05, 0.1) is 30.1 Å². The quantitative estimate of drug-likeness (QED) is 0.702. The van der Waals surface area contributed by atoms with Crippen molar-refractivity contribution in [2.45, 2.75) is 13.0 Å². The first-order chi connectivity index (χ1) is 11.6. The summed E-state index contributed by atoms with van der Waals surface area (Å²) in [5.74, 6) is 1.00. The van der Waals surface area contributed by atoms with E-state index in [-0.39, 0.29) is 18.9 Å². The normalized spacial score (nSPS) is 10.8. The zero-order chi connectivity index (χ0) is 16.9. The number of ether oxygens (including phenoxy) is 1.